The van der Waals surface area contributed by atoms with Gasteiger partial charge in [0.1, 0.15) is 5.75 Å². The van der Waals surface area contributed by atoms with Gasteiger partial charge >= 0.3 is 0 Å². The van der Waals surface area contributed by atoms with Crippen LogP contribution < -0.4 is 10.1 Å². The predicted molar refractivity (Wildman–Crippen MR) is 130 cm³/mol. The van der Waals surface area contributed by atoms with E-state index >= 15 is 0 Å². The minimum absolute atomic E-state index is 0.127. The fraction of sp³-hybridized carbons (Fsp3) is 0.308. The van der Waals surface area contributed by atoms with Gasteiger partial charge in [-0.1, -0.05) is 13.8 Å². The van der Waals surface area contributed by atoms with Crippen molar-refractivity contribution in [3.63, 3.8) is 0 Å². The highest BCUT2D eigenvalue weighted by molar-refractivity contribution is 6.03. The number of nitrogens with one attached hydrogen (secondary N) is 1. The van der Waals surface area contributed by atoms with Gasteiger partial charge in [0.2, 0.25) is 0 Å². The highest BCUT2D eigenvalue weighted by atomic mass is 16.5. The smallest absolute Gasteiger partial charge is 0.255 e. The highest BCUT2D eigenvalue weighted by Crippen LogP contribution is 2.40. The van der Waals surface area contributed by atoms with Gasteiger partial charge in [0.05, 0.1) is 41.7 Å². The van der Waals surface area contributed by atoms with Crippen LogP contribution in [0.15, 0.2) is 36.7 Å². The fourth-order valence-electron chi connectivity index (χ4n) is 4.79. The molecule has 0 fully saturated rings. The normalized spacial score (nSPS) is 15.1. The lowest BCUT2D eigenvalue weighted by atomic mass is 9.88. The topological polar surface area (TPSA) is 97.8 Å². The Kier molecular flexibility index (Phi) is 5.33. The van der Waals surface area contributed by atoms with Crippen LogP contribution in [0.1, 0.15) is 47.7 Å². The summed E-state index contributed by atoms with van der Waals surface area (Å²) in [5, 5.41) is 22.9. The molecule has 0 aliphatic carbocycles. The Bertz CT molecular complexity index is 1470. The maximum atomic E-state index is 12.5. The lowest BCUT2D eigenvalue weighted by molar-refractivity contribution is 0.0938. The standard InChI is InChI=1S/C26H26N6O2/c1-5-6-32-14-19(13-29-32)16-7-18(11-27)23-21(9-16)30-31(3)25(23)17-8-20-15(2)12-28-26(33)24(20)22(10-17)34-4/h7-10,13-15H,5-6,12H2,1-4H3,(H,28,33)/t15-/m0/s1. The molecule has 172 valence electrons. The largest absolute Gasteiger partial charge is 0.496 e. The summed E-state index contributed by atoms with van der Waals surface area (Å²) in [5.41, 5.74) is 6.33. The molecule has 0 spiro atoms. The van der Waals surface area contributed by atoms with Gasteiger partial charge in [-0.2, -0.15) is 15.5 Å². The number of hydrogen-bond donors (Lipinski definition) is 1. The number of methoxy groups -OCH3 is 1. The van der Waals surface area contributed by atoms with Crippen LogP contribution >= 0.6 is 0 Å². The van der Waals surface area contributed by atoms with E-state index in [1.54, 1.807) is 11.8 Å². The quantitative estimate of drug-likeness (QED) is 0.486. The van der Waals surface area contributed by atoms with Gasteiger partial charge in [-0.15, -0.1) is 0 Å². The first-order valence-electron chi connectivity index (χ1n) is 11.4. The molecule has 0 saturated carbocycles. The Balaban J connectivity index is 1.71. The van der Waals surface area contributed by atoms with Crippen LogP contribution in [0.3, 0.4) is 0 Å². The first-order valence-corrected chi connectivity index (χ1v) is 11.4. The molecule has 4 aromatic rings. The molecular formula is C26H26N6O2. The molecule has 1 N–H and O–H groups in total. The second kappa shape index (κ2) is 8.34. The Morgan fingerprint density at radius 2 is 2.06 bits per heavy atom. The number of aryl methyl sites for hydroxylation is 2. The Morgan fingerprint density at radius 1 is 1.24 bits per heavy atom. The Labute approximate surface area is 197 Å². The van der Waals surface area contributed by atoms with Gasteiger partial charge in [0.15, 0.2) is 0 Å². The average molecular weight is 455 g/mol. The van der Waals surface area contributed by atoms with E-state index in [0.717, 1.165) is 51.8 Å². The molecule has 2 aromatic heterocycles. The Hall–Kier alpha value is -4.12. The lowest BCUT2D eigenvalue weighted by Gasteiger charge is -2.25. The van der Waals surface area contributed by atoms with Crippen molar-refractivity contribution in [2.75, 3.05) is 13.7 Å². The van der Waals surface area contributed by atoms with E-state index in [4.69, 9.17) is 9.84 Å². The van der Waals surface area contributed by atoms with Crippen LogP contribution in [-0.2, 0) is 13.6 Å². The number of nitriles is 1. The van der Waals surface area contributed by atoms with E-state index in [2.05, 4.69) is 30.3 Å². The molecule has 0 bridgehead atoms. The highest BCUT2D eigenvalue weighted by Gasteiger charge is 2.28. The molecule has 3 heterocycles. The number of amides is 1. The van der Waals surface area contributed by atoms with Gasteiger partial charge in [-0.05, 0) is 47.7 Å². The summed E-state index contributed by atoms with van der Waals surface area (Å²) in [6, 6.07) is 10.1. The predicted octanol–water partition coefficient (Wildman–Crippen LogP) is 4.24. The van der Waals surface area contributed by atoms with Crippen LogP contribution in [0, 0.1) is 11.3 Å². The molecule has 0 radical (unpaired) electrons. The lowest BCUT2D eigenvalue weighted by Crippen LogP contribution is -2.34. The average Bonchev–Trinajstić information content (AvgIpc) is 3.44. The van der Waals surface area contributed by atoms with Crippen molar-refractivity contribution in [1.29, 1.82) is 5.26 Å². The number of carbonyl (C=O) groups excluding carboxylic acids is 1. The maximum absolute atomic E-state index is 12.5. The minimum Gasteiger partial charge on any atom is -0.496 e. The van der Waals surface area contributed by atoms with Crippen LogP contribution in [0.4, 0.5) is 0 Å². The van der Waals surface area contributed by atoms with Crippen LogP contribution in [0.25, 0.3) is 33.3 Å². The fourth-order valence-corrected chi connectivity index (χ4v) is 4.79. The summed E-state index contributed by atoms with van der Waals surface area (Å²) in [6.45, 7) is 5.61. The van der Waals surface area contributed by atoms with Crippen molar-refractivity contribution < 1.29 is 9.53 Å². The van der Waals surface area contributed by atoms with Crippen molar-refractivity contribution in [1.82, 2.24) is 24.9 Å². The number of ether oxygens (including phenoxy) is 1. The number of aromatic nitrogens is 4. The van der Waals surface area contributed by atoms with Gasteiger partial charge < -0.3 is 10.1 Å². The Morgan fingerprint density at radius 3 is 2.79 bits per heavy atom. The third-order valence-electron chi connectivity index (χ3n) is 6.43. The van der Waals surface area contributed by atoms with Crippen molar-refractivity contribution in [2.24, 2.45) is 7.05 Å². The number of hydrogen-bond acceptors (Lipinski definition) is 5. The monoisotopic (exact) mass is 454 g/mol. The van der Waals surface area contributed by atoms with E-state index in [9.17, 15) is 10.1 Å². The second-order valence-corrected chi connectivity index (χ2v) is 8.75. The van der Waals surface area contributed by atoms with Gasteiger partial charge in [0.25, 0.3) is 5.91 Å². The van der Waals surface area contributed by atoms with Crippen LogP contribution in [0.2, 0.25) is 0 Å². The van der Waals surface area contributed by atoms with E-state index < -0.39 is 0 Å². The zero-order valence-electron chi connectivity index (χ0n) is 19.7. The molecule has 5 rings (SSSR count). The van der Waals surface area contributed by atoms with Gasteiger partial charge in [0, 0.05) is 42.8 Å². The van der Waals surface area contributed by atoms with E-state index in [-0.39, 0.29) is 11.8 Å². The van der Waals surface area contributed by atoms with Crippen molar-refractivity contribution in [2.45, 2.75) is 32.7 Å². The number of fused-ring (bicyclic) bond motifs is 2. The zero-order valence-corrected chi connectivity index (χ0v) is 19.7. The SMILES string of the molecule is CCCn1cc(-c2cc(C#N)c3c(-c4cc(OC)c5c(c4)[C@@H](C)CNC5=O)n(C)nc3c2)cn1. The van der Waals surface area contributed by atoms with Gasteiger partial charge in [-0.3, -0.25) is 14.2 Å². The summed E-state index contributed by atoms with van der Waals surface area (Å²) in [4.78, 5) is 12.5. The molecule has 2 aromatic carbocycles. The summed E-state index contributed by atoms with van der Waals surface area (Å²) < 4.78 is 9.32. The zero-order chi connectivity index (χ0) is 24.0. The molecule has 1 aliphatic heterocycles. The maximum Gasteiger partial charge on any atom is 0.255 e. The number of nitrogens with zero attached hydrogens (tertiary/aromatic N) is 5. The van der Waals surface area contributed by atoms with Gasteiger partial charge in [-0.25, -0.2) is 0 Å². The van der Waals surface area contributed by atoms with E-state index in [0.29, 0.717) is 23.4 Å². The third kappa shape index (κ3) is 3.41. The van der Waals surface area contributed by atoms with E-state index in [1.165, 1.54) is 0 Å². The van der Waals surface area contributed by atoms with Crippen molar-refractivity contribution in [3.8, 4) is 34.2 Å². The van der Waals surface area contributed by atoms with Crippen molar-refractivity contribution in [3.05, 3.63) is 53.3 Å². The molecule has 34 heavy (non-hydrogen) atoms. The molecule has 8 nitrogen and oxygen atoms in total. The minimum atomic E-state index is -0.127. The summed E-state index contributed by atoms with van der Waals surface area (Å²) >= 11 is 0. The number of benzene rings is 2. The number of carbonyl (C=O) groups is 1. The molecule has 0 saturated heterocycles. The molecule has 1 atom stereocenters. The summed E-state index contributed by atoms with van der Waals surface area (Å²) in [7, 11) is 3.44. The molecule has 8 heteroatoms. The van der Waals surface area contributed by atoms with Crippen LogP contribution in [0.5, 0.6) is 5.75 Å². The first kappa shape index (κ1) is 21.7. The van der Waals surface area contributed by atoms with Crippen LogP contribution in [-0.4, -0.2) is 39.1 Å². The van der Waals surface area contributed by atoms with Crippen molar-refractivity contribution >= 4 is 16.8 Å². The molecule has 1 aliphatic rings. The third-order valence-corrected chi connectivity index (χ3v) is 6.43. The number of rotatable bonds is 5. The second-order valence-electron chi connectivity index (χ2n) is 8.75. The first-order chi connectivity index (χ1) is 16.4. The molecular weight excluding hydrogens is 428 g/mol. The molecule has 1 amide bonds. The summed E-state index contributed by atoms with van der Waals surface area (Å²) in [6.07, 6.45) is 4.82. The summed E-state index contributed by atoms with van der Waals surface area (Å²) in [5.74, 6) is 0.532. The molecule has 0 unspecified atom stereocenters. The van der Waals surface area contributed by atoms with E-state index in [1.807, 2.05) is 48.4 Å².